The van der Waals surface area contributed by atoms with Gasteiger partial charge in [0, 0.05) is 43.3 Å². The molecule has 0 amide bonds. The highest BCUT2D eigenvalue weighted by atomic mass is 35.5. The van der Waals surface area contributed by atoms with Crippen LogP contribution in [0.2, 0.25) is 5.02 Å². The lowest BCUT2D eigenvalue weighted by atomic mass is 10.2. The lowest BCUT2D eigenvalue weighted by Crippen LogP contribution is -2.45. The predicted molar refractivity (Wildman–Crippen MR) is 102 cm³/mol. The van der Waals surface area contributed by atoms with Crippen molar-refractivity contribution in [2.75, 3.05) is 26.2 Å². The van der Waals surface area contributed by atoms with Gasteiger partial charge in [-0.05, 0) is 23.8 Å². The molecule has 0 N–H and O–H groups in total. The van der Waals surface area contributed by atoms with E-state index >= 15 is 0 Å². The van der Waals surface area contributed by atoms with Gasteiger partial charge >= 0.3 is 0 Å². The first-order valence-electron chi connectivity index (χ1n) is 8.83. The smallest absolute Gasteiger partial charge is 0.247 e. The van der Waals surface area contributed by atoms with Crippen LogP contribution in [0.3, 0.4) is 0 Å². The third-order valence-electron chi connectivity index (χ3n) is 4.61. The average Bonchev–Trinajstić information content (AvgIpc) is 3.13. The van der Waals surface area contributed by atoms with Crippen LogP contribution in [0.4, 0.5) is 0 Å². The number of benzene rings is 2. The molecule has 6 heteroatoms. The van der Waals surface area contributed by atoms with Gasteiger partial charge in [0.2, 0.25) is 11.8 Å². The largest absolute Gasteiger partial charge is 0.419 e. The maximum absolute atomic E-state index is 6.03. The van der Waals surface area contributed by atoms with Crippen LogP contribution in [0, 0.1) is 0 Å². The lowest BCUT2D eigenvalue weighted by Gasteiger charge is -2.33. The van der Waals surface area contributed by atoms with E-state index in [-0.39, 0.29) is 0 Å². The molecule has 26 heavy (non-hydrogen) atoms. The van der Waals surface area contributed by atoms with Crippen molar-refractivity contribution in [1.82, 2.24) is 20.0 Å². The molecule has 3 aromatic rings. The van der Waals surface area contributed by atoms with Crippen LogP contribution in [0.1, 0.15) is 11.5 Å². The highest BCUT2D eigenvalue weighted by molar-refractivity contribution is 6.30. The minimum Gasteiger partial charge on any atom is -0.419 e. The summed E-state index contributed by atoms with van der Waals surface area (Å²) < 4.78 is 5.81. The first kappa shape index (κ1) is 17.2. The Morgan fingerprint density at radius 3 is 2.31 bits per heavy atom. The second-order valence-corrected chi connectivity index (χ2v) is 6.99. The Kier molecular flexibility index (Phi) is 5.29. The quantitative estimate of drug-likeness (QED) is 0.687. The fourth-order valence-electron chi connectivity index (χ4n) is 3.19. The molecule has 1 aliphatic rings. The SMILES string of the molecule is Clc1cccc(-c2nnc(CN3CCN(Cc4ccccc4)CC3)o2)c1. The number of aromatic nitrogens is 2. The molecule has 0 bridgehead atoms. The van der Waals surface area contributed by atoms with Gasteiger partial charge in [-0.1, -0.05) is 48.0 Å². The zero-order valence-electron chi connectivity index (χ0n) is 14.5. The van der Waals surface area contributed by atoms with Gasteiger partial charge in [0.15, 0.2) is 0 Å². The molecule has 0 saturated carbocycles. The standard InChI is InChI=1S/C20H21ClN4O/c21-18-8-4-7-17(13-18)20-23-22-19(26-20)15-25-11-9-24(10-12-25)14-16-5-2-1-3-6-16/h1-8,13H,9-12,14-15H2. The van der Waals surface area contributed by atoms with Crippen molar-refractivity contribution >= 4 is 11.6 Å². The monoisotopic (exact) mass is 368 g/mol. The van der Waals surface area contributed by atoms with Gasteiger partial charge < -0.3 is 4.42 Å². The Balaban J connectivity index is 1.31. The number of hydrogen-bond acceptors (Lipinski definition) is 5. The first-order valence-corrected chi connectivity index (χ1v) is 9.21. The maximum Gasteiger partial charge on any atom is 0.247 e. The van der Waals surface area contributed by atoms with Gasteiger partial charge in [-0.15, -0.1) is 10.2 Å². The number of hydrogen-bond donors (Lipinski definition) is 0. The van der Waals surface area contributed by atoms with Gasteiger partial charge in [0.25, 0.3) is 0 Å². The van der Waals surface area contributed by atoms with E-state index in [1.165, 1.54) is 5.56 Å². The maximum atomic E-state index is 6.03. The van der Waals surface area contributed by atoms with E-state index in [9.17, 15) is 0 Å². The second-order valence-electron chi connectivity index (χ2n) is 6.55. The van der Waals surface area contributed by atoms with Gasteiger partial charge in [0.05, 0.1) is 6.54 Å². The van der Waals surface area contributed by atoms with E-state index in [1.807, 2.05) is 24.3 Å². The normalized spacial score (nSPS) is 16.0. The summed E-state index contributed by atoms with van der Waals surface area (Å²) in [6.45, 7) is 5.79. The van der Waals surface area contributed by atoms with Crippen molar-refractivity contribution < 1.29 is 4.42 Å². The van der Waals surface area contributed by atoms with Crippen molar-refractivity contribution in [2.24, 2.45) is 0 Å². The molecule has 1 fully saturated rings. The predicted octanol–water partition coefficient (Wildman–Crippen LogP) is 3.71. The zero-order chi connectivity index (χ0) is 17.8. The molecule has 0 atom stereocenters. The zero-order valence-corrected chi connectivity index (χ0v) is 15.3. The molecule has 5 nitrogen and oxygen atoms in total. The van der Waals surface area contributed by atoms with Gasteiger partial charge in [0.1, 0.15) is 0 Å². The van der Waals surface area contributed by atoms with Crippen molar-refractivity contribution in [3.63, 3.8) is 0 Å². The summed E-state index contributed by atoms with van der Waals surface area (Å²) >= 11 is 6.03. The van der Waals surface area contributed by atoms with Crippen LogP contribution in [0.15, 0.2) is 59.0 Å². The van der Waals surface area contributed by atoms with E-state index in [2.05, 4.69) is 50.3 Å². The lowest BCUT2D eigenvalue weighted by molar-refractivity contribution is 0.114. The van der Waals surface area contributed by atoms with Crippen LogP contribution in [-0.2, 0) is 13.1 Å². The summed E-state index contributed by atoms with van der Waals surface area (Å²) in [6.07, 6.45) is 0. The van der Waals surface area contributed by atoms with Gasteiger partial charge in [-0.2, -0.15) is 0 Å². The molecule has 1 saturated heterocycles. The minimum atomic E-state index is 0.519. The van der Waals surface area contributed by atoms with E-state index < -0.39 is 0 Å². The minimum absolute atomic E-state index is 0.519. The summed E-state index contributed by atoms with van der Waals surface area (Å²) in [7, 11) is 0. The third kappa shape index (κ3) is 4.30. The summed E-state index contributed by atoms with van der Waals surface area (Å²) in [5.41, 5.74) is 2.22. The first-order chi connectivity index (χ1) is 12.8. The molecule has 4 rings (SSSR count). The van der Waals surface area contributed by atoms with Crippen LogP contribution in [-0.4, -0.2) is 46.2 Å². The molecule has 0 radical (unpaired) electrons. The van der Waals surface area contributed by atoms with Gasteiger partial charge in [-0.25, -0.2) is 0 Å². The summed E-state index contributed by atoms with van der Waals surface area (Å²) in [5.74, 6) is 1.17. The fourth-order valence-corrected chi connectivity index (χ4v) is 3.38. The molecule has 1 aliphatic heterocycles. The molecular weight excluding hydrogens is 348 g/mol. The Bertz CT molecular complexity index is 844. The molecule has 0 aliphatic carbocycles. The molecule has 2 heterocycles. The number of halogens is 1. The number of nitrogens with zero attached hydrogens (tertiary/aromatic N) is 4. The van der Waals surface area contributed by atoms with E-state index in [0.29, 0.717) is 23.3 Å². The number of piperazine rings is 1. The second kappa shape index (κ2) is 7.99. The molecule has 1 aromatic heterocycles. The molecular formula is C20H21ClN4O. The van der Waals surface area contributed by atoms with Crippen LogP contribution >= 0.6 is 11.6 Å². The van der Waals surface area contributed by atoms with Crippen LogP contribution < -0.4 is 0 Å². The number of rotatable bonds is 5. The Morgan fingerprint density at radius 1 is 0.846 bits per heavy atom. The van der Waals surface area contributed by atoms with Crippen molar-refractivity contribution in [2.45, 2.75) is 13.1 Å². The third-order valence-corrected chi connectivity index (χ3v) is 4.85. The Hall–Kier alpha value is -2.21. The van der Waals surface area contributed by atoms with E-state index in [1.54, 1.807) is 0 Å². The van der Waals surface area contributed by atoms with Crippen molar-refractivity contribution in [1.29, 1.82) is 0 Å². The highest BCUT2D eigenvalue weighted by Gasteiger charge is 2.19. The summed E-state index contributed by atoms with van der Waals surface area (Å²) in [4.78, 5) is 4.84. The molecule has 0 unspecified atom stereocenters. The fraction of sp³-hybridized carbons (Fsp3) is 0.300. The Labute approximate surface area is 158 Å². The molecule has 134 valence electrons. The van der Waals surface area contributed by atoms with Crippen LogP contribution in [0.25, 0.3) is 11.5 Å². The Morgan fingerprint density at radius 2 is 1.58 bits per heavy atom. The topological polar surface area (TPSA) is 45.4 Å². The highest BCUT2D eigenvalue weighted by Crippen LogP contribution is 2.22. The summed E-state index contributed by atoms with van der Waals surface area (Å²) in [5, 5.41) is 9.00. The summed E-state index contributed by atoms with van der Waals surface area (Å²) in [6, 6.07) is 18.1. The average molecular weight is 369 g/mol. The van der Waals surface area contributed by atoms with Crippen molar-refractivity contribution in [3.8, 4) is 11.5 Å². The van der Waals surface area contributed by atoms with Crippen molar-refractivity contribution in [3.05, 3.63) is 71.1 Å². The van der Waals surface area contributed by atoms with E-state index in [4.69, 9.17) is 16.0 Å². The van der Waals surface area contributed by atoms with Gasteiger partial charge in [-0.3, -0.25) is 9.80 Å². The van der Waals surface area contributed by atoms with E-state index in [0.717, 1.165) is 38.3 Å². The molecule has 0 spiro atoms. The molecule has 2 aromatic carbocycles. The van der Waals surface area contributed by atoms with Crippen LogP contribution in [0.5, 0.6) is 0 Å².